The predicted molar refractivity (Wildman–Crippen MR) is 90.6 cm³/mol. The molecule has 0 aliphatic rings. The number of rotatable bonds is 9. The molecule has 0 aliphatic heterocycles. The van der Waals surface area contributed by atoms with Crippen molar-refractivity contribution in [3.05, 3.63) is 35.9 Å². The number of carboxylic acids is 1. The van der Waals surface area contributed by atoms with Crippen LogP contribution in [-0.2, 0) is 20.8 Å². The number of aliphatic hydroxyl groups is 1. The number of carbonyl (C=O) groups excluding carboxylic acids is 2. The topological polar surface area (TPSA) is 142 Å². The molecule has 0 saturated heterocycles. The Morgan fingerprint density at radius 3 is 2.17 bits per heavy atom. The number of benzene rings is 1. The molecule has 0 radical (unpaired) electrons. The molecule has 0 bridgehead atoms. The number of aliphatic hydroxyl groups excluding tert-OH is 1. The van der Waals surface area contributed by atoms with Crippen LogP contribution >= 0.6 is 12.6 Å². The van der Waals surface area contributed by atoms with Gasteiger partial charge < -0.3 is 26.6 Å². The number of hydrogen-bond acceptors (Lipinski definition) is 6. The first-order valence-corrected chi connectivity index (χ1v) is 7.87. The monoisotopic (exact) mass is 355 g/mol. The molecule has 6 N–H and O–H groups in total. The zero-order valence-electron chi connectivity index (χ0n) is 12.9. The average molecular weight is 355 g/mol. The lowest BCUT2D eigenvalue weighted by molar-refractivity contribution is -0.141. The van der Waals surface area contributed by atoms with E-state index in [1.165, 1.54) is 0 Å². The van der Waals surface area contributed by atoms with Crippen LogP contribution in [0, 0.1) is 0 Å². The van der Waals surface area contributed by atoms with E-state index in [9.17, 15) is 19.5 Å². The van der Waals surface area contributed by atoms with Gasteiger partial charge in [-0.05, 0) is 12.0 Å². The van der Waals surface area contributed by atoms with E-state index >= 15 is 0 Å². The highest BCUT2D eigenvalue weighted by atomic mass is 32.1. The lowest BCUT2D eigenvalue weighted by Gasteiger charge is -2.20. The molecule has 0 spiro atoms. The smallest absolute Gasteiger partial charge is 0.327 e. The molecule has 2 amide bonds. The molecule has 0 fully saturated rings. The summed E-state index contributed by atoms with van der Waals surface area (Å²) in [7, 11) is 0. The second-order valence-electron chi connectivity index (χ2n) is 5.12. The fraction of sp³-hybridized carbons (Fsp3) is 0.400. The van der Waals surface area contributed by atoms with Gasteiger partial charge in [0, 0.05) is 5.75 Å². The van der Waals surface area contributed by atoms with Crippen LogP contribution in [0.3, 0.4) is 0 Å². The number of carboxylic acid groups (broad SMARTS) is 1. The molecule has 0 saturated carbocycles. The average Bonchev–Trinajstić information content (AvgIpc) is 2.57. The summed E-state index contributed by atoms with van der Waals surface area (Å²) < 4.78 is 0. The largest absolute Gasteiger partial charge is 0.480 e. The van der Waals surface area contributed by atoms with Gasteiger partial charge in [-0.25, -0.2) is 4.79 Å². The Balaban J connectivity index is 2.61. The molecule has 0 aromatic heterocycles. The van der Waals surface area contributed by atoms with Crippen molar-refractivity contribution in [3.63, 3.8) is 0 Å². The summed E-state index contributed by atoms with van der Waals surface area (Å²) >= 11 is 3.82. The van der Waals surface area contributed by atoms with Crippen LogP contribution in [0.5, 0.6) is 0 Å². The van der Waals surface area contributed by atoms with E-state index in [1.54, 1.807) is 0 Å². The van der Waals surface area contributed by atoms with Crippen LogP contribution < -0.4 is 16.4 Å². The second-order valence-corrected chi connectivity index (χ2v) is 5.49. The number of nitrogens with one attached hydrogen (secondary N) is 2. The Morgan fingerprint density at radius 2 is 1.67 bits per heavy atom. The summed E-state index contributed by atoms with van der Waals surface area (Å²) in [5.41, 5.74) is 6.65. The third kappa shape index (κ3) is 6.19. The highest BCUT2D eigenvalue weighted by Gasteiger charge is 2.26. The molecule has 8 nitrogen and oxygen atoms in total. The Kier molecular flexibility index (Phi) is 8.24. The van der Waals surface area contributed by atoms with Crippen molar-refractivity contribution in [1.82, 2.24) is 10.6 Å². The minimum absolute atomic E-state index is 0.124. The molecule has 0 unspecified atom stereocenters. The number of amides is 2. The first-order valence-electron chi connectivity index (χ1n) is 7.23. The van der Waals surface area contributed by atoms with E-state index in [2.05, 4.69) is 23.3 Å². The number of thiol groups is 1. The van der Waals surface area contributed by atoms with Crippen LogP contribution in [0.4, 0.5) is 0 Å². The van der Waals surface area contributed by atoms with Crippen LogP contribution in [0.2, 0.25) is 0 Å². The quantitative estimate of drug-likeness (QED) is 0.299. The minimum Gasteiger partial charge on any atom is -0.480 e. The van der Waals surface area contributed by atoms with Gasteiger partial charge in [0.25, 0.3) is 0 Å². The molecule has 3 atom stereocenters. The molecule has 1 aromatic rings. The Bertz CT molecular complexity index is 569. The highest BCUT2D eigenvalue weighted by Crippen LogP contribution is 2.02. The summed E-state index contributed by atoms with van der Waals surface area (Å²) in [6.07, 6.45) is 0.265. The zero-order chi connectivity index (χ0) is 18.1. The molecular formula is C15H21N3O5S. The molecule has 1 aromatic carbocycles. The Labute approximate surface area is 144 Å². The van der Waals surface area contributed by atoms with Gasteiger partial charge in [-0.1, -0.05) is 30.3 Å². The molecule has 0 heterocycles. The predicted octanol–water partition coefficient (Wildman–Crippen LogP) is -1.47. The fourth-order valence-corrected chi connectivity index (χ4v) is 2.14. The molecule has 1 rings (SSSR count). The van der Waals surface area contributed by atoms with Crippen LogP contribution in [-0.4, -0.2) is 58.5 Å². The van der Waals surface area contributed by atoms with E-state index in [0.29, 0.717) is 0 Å². The van der Waals surface area contributed by atoms with E-state index < -0.39 is 42.5 Å². The molecule has 24 heavy (non-hydrogen) atoms. The summed E-state index contributed by atoms with van der Waals surface area (Å²) in [5.74, 6) is -2.83. The first-order chi connectivity index (χ1) is 11.4. The third-order valence-electron chi connectivity index (χ3n) is 3.25. The van der Waals surface area contributed by atoms with Gasteiger partial charge in [0.15, 0.2) is 0 Å². The van der Waals surface area contributed by atoms with Gasteiger partial charge in [0.2, 0.25) is 11.8 Å². The van der Waals surface area contributed by atoms with Crippen molar-refractivity contribution in [2.24, 2.45) is 5.73 Å². The van der Waals surface area contributed by atoms with Crippen LogP contribution in [0.15, 0.2) is 30.3 Å². The van der Waals surface area contributed by atoms with Gasteiger partial charge in [-0.2, -0.15) is 12.6 Å². The molecular weight excluding hydrogens is 334 g/mol. The van der Waals surface area contributed by atoms with E-state index in [1.807, 2.05) is 30.3 Å². The van der Waals surface area contributed by atoms with E-state index in [-0.39, 0.29) is 12.2 Å². The maximum absolute atomic E-state index is 12.1. The lowest BCUT2D eigenvalue weighted by Crippen LogP contribution is -2.56. The second kappa shape index (κ2) is 9.91. The summed E-state index contributed by atoms with van der Waals surface area (Å²) in [4.78, 5) is 34.9. The number of aliphatic carboxylic acids is 1. The summed E-state index contributed by atoms with van der Waals surface area (Å²) in [6, 6.07) is 5.67. The highest BCUT2D eigenvalue weighted by molar-refractivity contribution is 7.80. The normalized spacial score (nSPS) is 14.3. The Morgan fingerprint density at radius 1 is 1.08 bits per heavy atom. The summed E-state index contributed by atoms with van der Waals surface area (Å²) in [5, 5.41) is 22.6. The van der Waals surface area contributed by atoms with Crippen molar-refractivity contribution in [2.45, 2.75) is 24.5 Å². The SMILES string of the molecule is N[C@@H](Cc1ccccc1)C(=O)N[C@@H](CO)C(=O)N[C@@H](CS)C(=O)O. The maximum Gasteiger partial charge on any atom is 0.327 e. The van der Waals surface area contributed by atoms with Crippen LogP contribution in [0.25, 0.3) is 0 Å². The number of nitrogens with two attached hydrogens (primary N) is 1. The van der Waals surface area contributed by atoms with E-state index in [4.69, 9.17) is 10.8 Å². The van der Waals surface area contributed by atoms with Crippen LogP contribution in [0.1, 0.15) is 5.56 Å². The van der Waals surface area contributed by atoms with Crippen molar-refractivity contribution in [3.8, 4) is 0 Å². The standard InChI is InChI=1S/C15H21N3O5S/c16-10(6-9-4-2-1-3-5-9)13(20)17-11(7-19)14(21)18-12(8-24)15(22)23/h1-5,10-12,19,24H,6-8,16H2,(H,17,20)(H,18,21)(H,22,23)/t10-,11-,12-/m0/s1. The minimum atomic E-state index is -1.29. The molecule has 9 heteroatoms. The van der Waals surface area contributed by atoms with Crippen molar-refractivity contribution >= 4 is 30.4 Å². The number of hydrogen-bond donors (Lipinski definition) is 6. The van der Waals surface area contributed by atoms with Gasteiger partial charge in [-0.3, -0.25) is 9.59 Å². The fourth-order valence-electron chi connectivity index (χ4n) is 1.89. The molecule has 132 valence electrons. The first kappa shape index (κ1) is 19.9. The maximum atomic E-state index is 12.1. The van der Waals surface area contributed by atoms with Crippen molar-refractivity contribution < 1.29 is 24.6 Å². The zero-order valence-corrected chi connectivity index (χ0v) is 13.8. The van der Waals surface area contributed by atoms with Gasteiger partial charge >= 0.3 is 5.97 Å². The summed E-state index contributed by atoms with van der Waals surface area (Å²) in [6.45, 7) is -0.686. The van der Waals surface area contributed by atoms with E-state index in [0.717, 1.165) is 5.56 Å². The van der Waals surface area contributed by atoms with Gasteiger partial charge in [0.1, 0.15) is 12.1 Å². The third-order valence-corrected chi connectivity index (χ3v) is 3.61. The number of carbonyl (C=O) groups is 3. The van der Waals surface area contributed by atoms with Crippen molar-refractivity contribution in [1.29, 1.82) is 0 Å². The molecule has 0 aliphatic carbocycles. The van der Waals surface area contributed by atoms with Crippen molar-refractivity contribution in [2.75, 3.05) is 12.4 Å². The van der Waals surface area contributed by atoms with Gasteiger partial charge in [-0.15, -0.1) is 0 Å². The lowest BCUT2D eigenvalue weighted by atomic mass is 10.1. The van der Waals surface area contributed by atoms with Gasteiger partial charge in [0.05, 0.1) is 12.6 Å². The Hall–Kier alpha value is -2.10.